The monoisotopic (exact) mass is 726 g/mol. The number of methoxy groups -OCH3 is 2. The molecular weight excluding hydrogens is 669 g/mol. The number of nitrogens with zero attached hydrogens (tertiary/aromatic N) is 2. The lowest BCUT2D eigenvalue weighted by molar-refractivity contribution is 0.160. The molecule has 0 aliphatic rings. The van der Waals surface area contributed by atoms with Gasteiger partial charge in [-0.3, -0.25) is 0 Å². The zero-order valence-electron chi connectivity index (χ0n) is 32.1. The second-order valence-corrected chi connectivity index (χ2v) is 14.9. The van der Waals surface area contributed by atoms with E-state index in [4.69, 9.17) is 30.9 Å². The molecule has 4 atom stereocenters. The molecule has 0 spiro atoms. The Kier molecular flexibility index (Phi) is 13.7. The molecule has 0 saturated heterocycles. The number of aromatic nitrogens is 4. The van der Waals surface area contributed by atoms with Gasteiger partial charge in [-0.1, -0.05) is 58.4 Å². The Balaban J connectivity index is 1.42. The van der Waals surface area contributed by atoms with Gasteiger partial charge in [-0.25, -0.2) is 19.6 Å². The van der Waals surface area contributed by atoms with Crippen LogP contribution in [0.5, 0.6) is 0 Å². The fourth-order valence-electron chi connectivity index (χ4n) is 7.26. The van der Waals surface area contributed by atoms with Crippen LogP contribution >= 0.6 is 0 Å². The van der Waals surface area contributed by atoms with Gasteiger partial charge in [0.15, 0.2) is 0 Å². The molecule has 0 aliphatic heterocycles. The van der Waals surface area contributed by atoms with Crippen molar-refractivity contribution in [3.05, 3.63) is 60.2 Å². The van der Waals surface area contributed by atoms with Crippen molar-refractivity contribution >= 4 is 45.0 Å². The molecule has 286 valence electrons. The van der Waals surface area contributed by atoms with E-state index in [0.717, 1.165) is 101 Å². The number of fused-ring (bicyclic) bond motifs is 4. The summed E-state index contributed by atoms with van der Waals surface area (Å²) in [6, 6.07) is 17.0. The highest BCUT2D eigenvalue weighted by Gasteiger charge is 2.26. The normalized spacial score (nSPS) is 14.2. The number of alkyl carbamates (subject to hydrolysis) is 2. The van der Waals surface area contributed by atoms with E-state index in [1.807, 2.05) is 0 Å². The molecule has 53 heavy (non-hydrogen) atoms. The third kappa shape index (κ3) is 9.85. The zero-order valence-corrected chi connectivity index (χ0v) is 32.1. The fourth-order valence-corrected chi connectivity index (χ4v) is 7.26. The predicted octanol–water partition coefficient (Wildman–Crippen LogP) is 7.84. The fraction of sp³-hybridized carbons (Fsp3) is 0.512. The molecule has 12 heteroatoms. The first-order valence-electron chi connectivity index (χ1n) is 19.1. The summed E-state index contributed by atoms with van der Waals surface area (Å²) in [5, 5.41) is 8.21. The quantitative estimate of drug-likeness (QED) is 0.0493. The van der Waals surface area contributed by atoms with Gasteiger partial charge in [-0.2, -0.15) is 0 Å². The third-order valence-corrected chi connectivity index (χ3v) is 10.5. The lowest BCUT2D eigenvalue weighted by Crippen LogP contribution is -2.39. The number of nitrogens with two attached hydrogens (primary N) is 2. The van der Waals surface area contributed by atoms with Crippen molar-refractivity contribution in [2.75, 3.05) is 27.3 Å². The molecular formula is C41H58N8O4. The molecule has 12 nitrogen and oxygen atoms in total. The Labute approximate surface area is 312 Å². The number of carbonyl (C=O) groups excluding carboxylic acids is 2. The van der Waals surface area contributed by atoms with Gasteiger partial charge in [0, 0.05) is 29.3 Å². The summed E-state index contributed by atoms with van der Waals surface area (Å²) in [5.74, 6) is 2.50. The smallest absolute Gasteiger partial charge is 0.407 e. The number of ether oxygens (including phenoxy) is 2. The summed E-state index contributed by atoms with van der Waals surface area (Å²) >= 11 is 0. The summed E-state index contributed by atoms with van der Waals surface area (Å²) in [5.41, 5.74) is 17.7. The van der Waals surface area contributed by atoms with Crippen LogP contribution in [0.1, 0.15) is 96.1 Å². The number of benzene rings is 3. The number of imidazole rings is 2. The number of carbonyl (C=O) groups is 2. The van der Waals surface area contributed by atoms with E-state index in [1.54, 1.807) is 0 Å². The minimum absolute atomic E-state index is 0.0545. The number of unbranched alkanes of at least 4 members (excludes halogenated alkanes) is 1. The SMILES string of the molecule is COC(=O)NC(CC(CCCCN)c1nc2ccc(-c3ccc4c(ccc5[nH]c(C(CCCN)CC(NC(=O)OC)C(C)C)nc54)c3)cc2[nH]1)C(C)C. The first kappa shape index (κ1) is 39.5. The molecule has 5 rings (SSSR count). The molecule has 0 radical (unpaired) electrons. The van der Waals surface area contributed by atoms with E-state index in [0.29, 0.717) is 13.1 Å². The van der Waals surface area contributed by atoms with Crippen LogP contribution in [0.25, 0.3) is 44.0 Å². The maximum absolute atomic E-state index is 12.1. The molecule has 8 N–H and O–H groups in total. The van der Waals surface area contributed by atoms with Crippen molar-refractivity contribution < 1.29 is 19.1 Å². The van der Waals surface area contributed by atoms with E-state index >= 15 is 0 Å². The van der Waals surface area contributed by atoms with E-state index in [2.05, 4.69) is 96.8 Å². The van der Waals surface area contributed by atoms with Crippen molar-refractivity contribution in [3.63, 3.8) is 0 Å². The van der Waals surface area contributed by atoms with E-state index < -0.39 is 12.2 Å². The average Bonchev–Trinajstić information content (AvgIpc) is 3.79. The summed E-state index contributed by atoms with van der Waals surface area (Å²) in [4.78, 5) is 41.6. The van der Waals surface area contributed by atoms with Crippen LogP contribution in [-0.2, 0) is 9.47 Å². The summed E-state index contributed by atoms with van der Waals surface area (Å²) in [7, 11) is 2.78. The molecule has 4 unspecified atom stereocenters. The maximum atomic E-state index is 12.1. The molecule has 2 amide bonds. The Bertz CT molecular complexity index is 1970. The second-order valence-electron chi connectivity index (χ2n) is 14.9. The topological polar surface area (TPSA) is 186 Å². The van der Waals surface area contributed by atoms with Gasteiger partial charge in [0.25, 0.3) is 0 Å². The van der Waals surface area contributed by atoms with Gasteiger partial charge >= 0.3 is 12.2 Å². The van der Waals surface area contributed by atoms with Crippen LogP contribution < -0.4 is 22.1 Å². The number of nitrogens with one attached hydrogen (secondary N) is 4. The highest BCUT2D eigenvalue weighted by atomic mass is 16.5. The number of H-pyrrole nitrogens is 2. The Morgan fingerprint density at radius 1 is 0.698 bits per heavy atom. The van der Waals surface area contributed by atoms with Gasteiger partial charge in [0.2, 0.25) is 0 Å². The lowest BCUT2D eigenvalue weighted by atomic mass is 9.88. The number of hydrogen-bond donors (Lipinski definition) is 6. The first-order valence-corrected chi connectivity index (χ1v) is 19.1. The molecule has 0 aliphatic carbocycles. The molecule has 0 bridgehead atoms. The van der Waals surface area contributed by atoms with Crippen LogP contribution in [0.15, 0.2) is 48.5 Å². The van der Waals surface area contributed by atoms with Crippen LogP contribution in [0.4, 0.5) is 9.59 Å². The van der Waals surface area contributed by atoms with Crippen LogP contribution in [0.2, 0.25) is 0 Å². The van der Waals surface area contributed by atoms with E-state index in [9.17, 15) is 9.59 Å². The van der Waals surface area contributed by atoms with E-state index in [1.165, 1.54) is 14.2 Å². The third-order valence-electron chi connectivity index (χ3n) is 10.5. The number of amides is 2. The van der Waals surface area contributed by atoms with Gasteiger partial charge < -0.3 is 41.5 Å². The Morgan fingerprint density at radius 3 is 1.87 bits per heavy atom. The minimum atomic E-state index is -0.424. The van der Waals surface area contributed by atoms with Crippen LogP contribution in [0.3, 0.4) is 0 Å². The Hall–Kier alpha value is -4.68. The molecule has 2 aromatic heterocycles. The van der Waals surface area contributed by atoms with Crippen molar-refractivity contribution in [2.24, 2.45) is 23.3 Å². The van der Waals surface area contributed by atoms with Gasteiger partial charge in [-0.15, -0.1) is 0 Å². The Morgan fingerprint density at radius 2 is 1.26 bits per heavy atom. The molecule has 2 heterocycles. The predicted molar refractivity (Wildman–Crippen MR) is 213 cm³/mol. The lowest BCUT2D eigenvalue weighted by Gasteiger charge is -2.26. The average molecular weight is 727 g/mol. The van der Waals surface area contributed by atoms with Crippen LogP contribution in [-0.4, -0.2) is 71.5 Å². The number of rotatable bonds is 18. The van der Waals surface area contributed by atoms with Crippen molar-refractivity contribution in [3.8, 4) is 11.1 Å². The largest absolute Gasteiger partial charge is 0.453 e. The summed E-state index contributed by atoms with van der Waals surface area (Å²) in [6.45, 7) is 9.66. The second kappa shape index (κ2) is 18.4. The maximum Gasteiger partial charge on any atom is 0.407 e. The van der Waals surface area contributed by atoms with E-state index in [-0.39, 0.29) is 35.8 Å². The van der Waals surface area contributed by atoms with Crippen molar-refractivity contribution in [2.45, 2.75) is 96.6 Å². The minimum Gasteiger partial charge on any atom is -0.453 e. The molecule has 0 fully saturated rings. The van der Waals surface area contributed by atoms with Crippen molar-refractivity contribution in [1.82, 2.24) is 30.6 Å². The van der Waals surface area contributed by atoms with Gasteiger partial charge in [-0.05, 0) is 104 Å². The standard InChI is InChI=1S/C41H58N8O4/c1-24(2)34(47-40(50)52-5)22-29(10-7-8-18-42)38-44-32-16-13-27(21-36(32)46-38)26-12-15-31-28(20-26)14-17-33-37(31)49-39(45-33)30(11-9-19-43)23-35(25(3)4)48-41(51)53-6/h12-17,20-21,24-25,29-30,34-35H,7-11,18-19,22-23,42-43H2,1-6H3,(H,44,46)(H,45,49)(H,47,50)(H,48,51). The summed E-state index contributed by atoms with van der Waals surface area (Å²) in [6.07, 6.45) is 5.18. The number of aromatic amines is 2. The molecule has 3 aromatic carbocycles. The zero-order chi connectivity index (χ0) is 38.1. The first-order chi connectivity index (χ1) is 25.5. The highest BCUT2D eigenvalue weighted by Crippen LogP contribution is 2.34. The highest BCUT2D eigenvalue weighted by molar-refractivity contribution is 6.05. The molecule has 0 saturated carbocycles. The van der Waals surface area contributed by atoms with Crippen LogP contribution in [0, 0.1) is 11.8 Å². The van der Waals surface area contributed by atoms with Gasteiger partial charge in [0.1, 0.15) is 11.6 Å². The van der Waals surface area contributed by atoms with Gasteiger partial charge in [0.05, 0.1) is 36.3 Å². The molecule has 5 aromatic rings. The van der Waals surface area contributed by atoms with Crippen molar-refractivity contribution in [1.29, 1.82) is 0 Å². The number of hydrogen-bond acceptors (Lipinski definition) is 8. The summed E-state index contributed by atoms with van der Waals surface area (Å²) < 4.78 is 9.81.